The number of piperidine rings is 1. The first-order valence-corrected chi connectivity index (χ1v) is 5.75. The number of aliphatic hydroxyl groups excluding tert-OH is 1. The molecule has 1 aliphatic rings. The second-order valence-electron chi connectivity index (χ2n) is 4.65. The fraction of sp³-hybridized carbons (Fsp3) is 0.636. The van der Waals surface area contributed by atoms with Gasteiger partial charge in [-0.15, -0.1) is 0 Å². The van der Waals surface area contributed by atoms with Crippen LogP contribution in [0.1, 0.15) is 23.7 Å². The molecule has 1 aliphatic heterocycles. The molecule has 0 saturated carbocycles. The van der Waals surface area contributed by atoms with E-state index in [0.29, 0.717) is 30.9 Å². The minimum atomic E-state index is -0.315. The molecule has 6 heteroatoms. The number of nitrogen functional groups attached to an aromatic ring is 1. The summed E-state index contributed by atoms with van der Waals surface area (Å²) in [5.74, 6) is 0.383. The van der Waals surface area contributed by atoms with E-state index < -0.39 is 0 Å². The number of aromatic nitrogens is 2. The first kappa shape index (κ1) is 11.9. The number of rotatable bonds is 1. The SMILES string of the molecule is CC1CN(C(=O)c2cnn(C)c2N)CCC1O. The summed E-state index contributed by atoms with van der Waals surface area (Å²) in [6.45, 7) is 3.07. The fourth-order valence-corrected chi connectivity index (χ4v) is 2.10. The number of amides is 1. The minimum absolute atomic E-state index is 0.102. The summed E-state index contributed by atoms with van der Waals surface area (Å²) >= 11 is 0. The van der Waals surface area contributed by atoms with Gasteiger partial charge in [-0.2, -0.15) is 5.10 Å². The lowest BCUT2D eigenvalue weighted by molar-refractivity contribution is 0.0298. The molecule has 0 radical (unpaired) electrons. The van der Waals surface area contributed by atoms with Crippen molar-refractivity contribution in [3.8, 4) is 0 Å². The monoisotopic (exact) mass is 238 g/mol. The van der Waals surface area contributed by atoms with E-state index in [2.05, 4.69) is 5.10 Å². The van der Waals surface area contributed by atoms with E-state index in [-0.39, 0.29) is 17.9 Å². The molecule has 1 fully saturated rings. The molecule has 1 amide bonds. The number of hydrogen-bond acceptors (Lipinski definition) is 4. The molecule has 1 aromatic rings. The van der Waals surface area contributed by atoms with Crippen molar-refractivity contribution in [3.63, 3.8) is 0 Å². The van der Waals surface area contributed by atoms with Gasteiger partial charge in [0.1, 0.15) is 11.4 Å². The van der Waals surface area contributed by atoms with Crippen LogP contribution in [-0.2, 0) is 7.05 Å². The molecule has 1 saturated heterocycles. The van der Waals surface area contributed by atoms with Gasteiger partial charge < -0.3 is 15.7 Å². The van der Waals surface area contributed by atoms with Crippen molar-refractivity contribution in [1.29, 1.82) is 0 Å². The van der Waals surface area contributed by atoms with E-state index in [1.807, 2.05) is 6.92 Å². The summed E-state index contributed by atoms with van der Waals surface area (Å²) < 4.78 is 1.48. The van der Waals surface area contributed by atoms with Crippen molar-refractivity contribution < 1.29 is 9.90 Å². The van der Waals surface area contributed by atoms with Crippen molar-refractivity contribution in [3.05, 3.63) is 11.8 Å². The molecule has 6 nitrogen and oxygen atoms in total. The number of carbonyl (C=O) groups excluding carboxylic acids is 1. The summed E-state index contributed by atoms with van der Waals surface area (Å²) in [6, 6.07) is 0. The van der Waals surface area contributed by atoms with Gasteiger partial charge in [-0.3, -0.25) is 9.48 Å². The first-order valence-electron chi connectivity index (χ1n) is 5.75. The Bertz CT molecular complexity index is 429. The van der Waals surface area contributed by atoms with Crippen LogP contribution in [0.3, 0.4) is 0 Å². The van der Waals surface area contributed by atoms with Crippen LogP contribution in [0.15, 0.2) is 6.20 Å². The quantitative estimate of drug-likeness (QED) is 0.712. The predicted molar refractivity (Wildman–Crippen MR) is 63.3 cm³/mol. The number of anilines is 1. The van der Waals surface area contributed by atoms with Crippen LogP contribution in [0.25, 0.3) is 0 Å². The lowest BCUT2D eigenvalue weighted by Gasteiger charge is -2.34. The van der Waals surface area contributed by atoms with Crippen molar-refractivity contribution in [2.45, 2.75) is 19.4 Å². The molecule has 2 rings (SSSR count). The molecule has 0 aliphatic carbocycles. The number of aryl methyl sites for hydroxylation is 1. The van der Waals surface area contributed by atoms with Crippen LogP contribution >= 0.6 is 0 Å². The minimum Gasteiger partial charge on any atom is -0.393 e. The zero-order chi connectivity index (χ0) is 12.6. The van der Waals surface area contributed by atoms with Gasteiger partial charge in [0.05, 0.1) is 12.3 Å². The highest BCUT2D eigenvalue weighted by Gasteiger charge is 2.29. The van der Waals surface area contributed by atoms with Gasteiger partial charge in [-0.25, -0.2) is 0 Å². The zero-order valence-electron chi connectivity index (χ0n) is 10.1. The molecule has 3 N–H and O–H groups in total. The fourth-order valence-electron chi connectivity index (χ4n) is 2.10. The maximum Gasteiger partial charge on any atom is 0.259 e. The third-order valence-electron chi connectivity index (χ3n) is 3.36. The van der Waals surface area contributed by atoms with Crippen LogP contribution in [0.4, 0.5) is 5.82 Å². The Morgan fingerprint density at radius 3 is 2.88 bits per heavy atom. The van der Waals surface area contributed by atoms with E-state index in [4.69, 9.17) is 5.73 Å². The molecule has 94 valence electrons. The van der Waals surface area contributed by atoms with E-state index in [0.717, 1.165) is 0 Å². The Labute approximate surface area is 100 Å². The Balaban J connectivity index is 2.13. The average molecular weight is 238 g/mol. The van der Waals surface area contributed by atoms with Crippen molar-refractivity contribution in [1.82, 2.24) is 14.7 Å². The van der Waals surface area contributed by atoms with Gasteiger partial charge >= 0.3 is 0 Å². The smallest absolute Gasteiger partial charge is 0.259 e. The van der Waals surface area contributed by atoms with Crippen LogP contribution in [0, 0.1) is 5.92 Å². The van der Waals surface area contributed by atoms with E-state index >= 15 is 0 Å². The van der Waals surface area contributed by atoms with Crippen molar-refractivity contribution >= 4 is 11.7 Å². The lowest BCUT2D eigenvalue weighted by atomic mass is 9.96. The molecular formula is C11H18N4O2. The van der Waals surface area contributed by atoms with Crippen LogP contribution < -0.4 is 5.73 Å². The highest BCUT2D eigenvalue weighted by molar-refractivity contribution is 5.98. The summed E-state index contributed by atoms with van der Waals surface area (Å²) in [5, 5.41) is 13.6. The van der Waals surface area contributed by atoms with Crippen LogP contribution in [0.2, 0.25) is 0 Å². The number of nitrogens with zero attached hydrogens (tertiary/aromatic N) is 3. The summed E-state index contributed by atoms with van der Waals surface area (Å²) in [6.07, 6.45) is 1.80. The van der Waals surface area contributed by atoms with Crippen LogP contribution in [-0.4, -0.2) is 44.9 Å². The molecule has 1 aromatic heterocycles. The standard InChI is InChI=1S/C11H18N4O2/c1-7-6-15(4-3-9(7)16)11(17)8-5-13-14(2)10(8)12/h5,7,9,16H,3-4,6,12H2,1-2H3. The number of hydrogen-bond donors (Lipinski definition) is 2. The average Bonchev–Trinajstić information content (AvgIpc) is 2.63. The molecule has 2 heterocycles. The van der Waals surface area contributed by atoms with E-state index in [1.54, 1.807) is 11.9 Å². The summed E-state index contributed by atoms with van der Waals surface area (Å²) in [4.78, 5) is 13.9. The van der Waals surface area contributed by atoms with Gasteiger partial charge in [0.2, 0.25) is 0 Å². The number of likely N-dealkylation sites (tertiary alicyclic amines) is 1. The maximum absolute atomic E-state index is 12.2. The first-order chi connectivity index (χ1) is 8.00. The molecule has 2 unspecified atom stereocenters. The van der Waals surface area contributed by atoms with Gasteiger partial charge in [0.25, 0.3) is 5.91 Å². The molecular weight excluding hydrogens is 220 g/mol. The van der Waals surface area contributed by atoms with E-state index in [1.165, 1.54) is 10.9 Å². The van der Waals surface area contributed by atoms with Gasteiger partial charge in [0.15, 0.2) is 0 Å². The normalized spacial score (nSPS) is 25.0. The Morgan fingerprint density at radius 2 is 2.35 bits per heavy atom. The number of carbonyl (C=O) groups is 1. The molecule has 0 spiro atoms. The highest BCUT2D eigenvalue weighted by Crippen LogP contribution is 2.20. The Hall–Kier alpha value is -1.56. The third-order valence-corrected chi connectivity index (χ3v) is 3.36. The van der Waals surface area contributed by atoms with Crippen molar-refractivity contribution in [2.75, 3.05) is 18.8 Å². The summed E-state index contributed by atoms with van der Waals surface area (Å²) in [5.41, 5.74) is 6.22. The zero-order valence-corrected chi connectivity index (χ0v) is 10.1. The van der Waals surface area contributed by atoms with Crippen molar-refractivity contribution in [2.24, 2.45) is 13.0 Å². The van der Waals surface area contributed by atoms with Gasteiger partial charge in [-0.1, -0.05) is 6.92 Å². The third kappa shape index (κ3) is 2.12. The number of aliphatic hydroxyl groups is 1. The molecule has 0 aromatic carbocycles. The second-order valence-corrected chi connectivity index (χ2v) is 4.65. The maximum atomic E-state index is 12.2. The molecule has 2 atom stereocenters. The topological polar surface area (TPSA) is 84.4 Å². The largest absolute Gasteiger partial charge is 0.393 e. The lowest BCUT2D eigenvalue weighted by Crippen LogP contribution is -2.45. The predicted octanol–water partition coefficient (Wildman–Crippen LogP) is -0.155. The number of nitrogens with two attached hydrogens (primary N) is 1. The molecule has 17 heavy (non-hydrogen) atoms. The molecule has 0 bridgehead atoms. The van der Waals surface area contributed by atoms with Gasteiger partial charge in [0, 0.05) is 20.1 Å². The highest BCUT2D eigenvalue weighted by atomic mass is 16.3. The Kier molecular flexibility index (Phi) is 3.06. The van der Waals surface area contributed by atoms with Gasteiger partial charge in [-0.05, 0) is 12.3 Å². The van der Waals surface area contributed by atoms with Crippen LogP contribution in [0.5, 0.6) is 0 Å². The second kappa shape index (κ2) is 4.37. The Morgan fingerprint density at radius 1 is 1.65 bits per heavy atom. The van der Waals surface area contributed by atoms with E-state index in [9.17, 15) is 9.90 Å². The summed E-state index contributed by atoms with van der Waals surface area (Å²) in [7, 11) is 1.70.